The Hall–Kier alpha value is -1.66. The van der Waals surface area contributed by atoms with Gasteiger partial charge in [-0.05, 0) is 19.1 Å². The third-order valence-corrected chi connectivity index (χ3v) is 3.47. The molecule has 0 radical (unpaired) electrons. The van der Waals surface area contributed by atoms with Gasteiger partial charge in [0.25, 0.3) is 5.91 Å². The predicted molar refractivity (Wildman–Crippen MR) is 77.9 cm³/mol. The smallest absolute Gasteiger partial charge is 0.272 e. The fourth-order valence-corrected chi connectivity index (χ4v) is 2.26. The lowest BCUT2D eigenvalue weighted by Gasteiger charge is -2.39. The van der Waals surface area contributed by atoms with E-state index in [9.17, 15) is 4.79 Å². The molecule has 2 atom stereocenters. The summed E-state index contributed by atoms with van der Waals surface area (Å²) in [6, 6.07) is 4.00. The number of aromatic nitrogens is 1. The molecule has 1 aromatic heterocycles. The van der Waals surface area contributed by atoms with Crippen molar-refractivity contribution in [1.82, 2.24) is 9.88 Å². The molecular formula is C14H22N4O2. The first-order valence-electron chi connectivity index (χ1n) is 6.79. The molecule has 1 aromatic rings. The van der Waals surface area contributed by atoms with Gasteiger partial charge in [-0.2, -0.15) is 0 Å². The quantitative estimate of drug-likeness (QED) is 0.863. The van der Waals surface area contributed by atoms with Gasteiger partial charge in [0.15, 0.2) is 0 Å². The van der Waals surface area contributed by atoms with Crippen molar-refractivity contribution in [3.05, 3.63) is 24.0 Å². The molecule has 2 rings (SSSR count). The second-order valence-electron chi connectivity index (χ2n) is 5.29. The van der Waals surface area contributed by atoms with Gasteiger partial charge in [-0.3, -0.25) is 9.78 Å². The van der Waals surface area contributed by atoms with Crippen molar-refractivity contribution in [3.63, 3.8) is 0 Å². The maximum absolute atomic E-state index is 12.0. The standard InChI is InChI=1S/C14H22N4O2/c1-10-9-20-12(7-15)8-18(10)11-4-5-16-13(6-11)14(19)17(2)3/h4-6,10,12H,7-9,15H2,1-3H3. The van der Waals surface area contributed by atoms with E-state index in [4.69, 9.17) is 10.5 Å². The second-order valence-corrected chi connectivity index (χ2v) is 5.29. The number of hydrogen-bond acceptors (Lipinski definition) is 5. The van der Waals surface area contributed by atoms with Gasteiger partial charge >= 0.3 is 0 Å². The molecule has 110 valence electrons. The third kappa shape index (κ3) is 3.08. The van der Waals surface area contributed by atoms with E-state index in [1.807, 2.05) is 12.1 Å². The van der Waals surface area contributed by atoms with Crippen LogP contribution < -0.4 is 10.6 Å². The Morgan fingerprint density at radius 1 is 1.60 bits per heavy atom. The first-order chi connectivity index (χ1) is 9.52. The van der Waals surface area contributed by atoms with Crippen LogP contribution >= 0.6 is 0 Å². The molecule has 0 aromatic carbocycles. The topological polar surface area (TPSA) is 71.7 Å². The van der Waals surface area contributed by atoms with Crippen LogP contribution in [0.3, 0.4) is 0 Å². The Labute approximate surface area is 119 Å². The summed E-state index contributed by atoms with van der Waals surface area (Å²) >= 11 is 0. The fraction of sp³-hybridized carbons (Fsp3) is 0.571. The molecule has 1 amide bonds. The highest BCUT2D eigenvalue weighted by Gasteiger charge is 2.26. The second kappa shape index (κ2) is 6.19. The molecule has 0 aliphatic carbocycles. The Morgan fingerprint density at radius 3 is 3.00 bits per heavy atom. The summed E-state index contributed by atoms with van der Waals surface area (Å²) in [6.45, 7) is 3.97. The summed E-state index contributed by atoms with van der Waals surface area (Å²) in [5, 5.41) is 0. The van der Waals surface area contributed by atoms with Crippen molar-refractivity contribution in [2.75, 3.05) is 38.7 Å². The van der Waals surface area contributed by atoms with Crippen LogP contribution in [0.4, 0.5) is 5.69 Å². The number of nitrogens with zero attached hydrogens (tertiary/aromatic N) is 3. The number of carbonyl (C=O) groups excluding carboxylic acids is 1. The molecule has 1 fully saturated rings. The van der Waals surface area contributed by atoms with Crippen LogP contribution in [0.15, 0.2) is 18.3 Å². The van der Waals surface area contributed by atoms with Crippen LogP contribution in [0, 0.1) is 0 Å². The van der Waals surface area contributed by atoms with E-state index in [0.717, 1.165) is 12.2 Å². The van der Waals surface area contributed by atoms with Gasteiger partial charge in [0.05, 0.1) is 12.7 Å². The molecule has 20 heavy (non-hydrogen) atoms. The predicted octanol–water partition coefficient (Wildman–Crippen LogP) is 0.336. The third-order valence-electron chi connectivity index (χ3n) is 3.47. The van der Waals surface area contributed by atoms with Crippen molar-refractivity contribution in [2.45, 2.75) is 19.1 Å². The number of pyridine rings is 1. The van der Waals surface area contributed by atoms with Crippen LogP contribution in [-0.4, -0.2) is 61.7 Å². The Balaban J connectivity index is 2.23. The zero-order valence-electron chi connectivity index (χ0n) is 12.2. The molecule has 0 spiro atoms. The highest BCUT2D eigenvalue weighted by Crippen LogP contribution is 2.22. The SMILES string of the molecule is CC1COC(CN)CN1c1ccnc(C(=O)N(C)C)c1. The molecule has 6 nitrogen and oxygen atoms in total. The maximum Gasteiger partial charge on any atom is 0.272 e. The Morgan fingerprint density at radius 2 is 2.35 bits per heavy atom. The lowest BCUT2D eigenvalue weighted by Crippen LogP contribution is -2.50. The van der Waals surface area contributed by atoms with Gasteiger partial charge in [0, 0.05) is 45.1 Å². The van der Waals surface area contributed by atoms with E-state index in [1.165, 1.54) is 4.90 Å². The first-order valence-corrected chi connectivity index (χ1v) is 6.79. The van der Waals surface area contributed by atoms with Crippen LogP contribution in [-0.2, 0) is 4.74 Å². The van der Waals surface area contributed by atoms with E-state index in [1.54, 1.807) is 20.3 Å². The number of anilines is 1. The van der Waals surface area contributed by atoms with Crippen LogP contribution in [0.2, 0.25) is 0 Å². The number of carbonyl (C=O) groups is 1. The summed E-state index contributed by atoms with van der Waals surface area (Å²) < 4.78 is 5.65. The molecule has 1 aliphatic rings. The molecule has 0 bridgehead atoms. The summed E-state index contributed by atoms with van der Waals surface area (Å²) in [6.07, 6.45) is 1.71. The molecule has 2 unspecified atom stereocenters. The number of ether oxygens (including phenoxy) is 1. The van der Waals surface area contributed by atoms with E-state index in [0.29, 0.717) is 18.8 Å². The minimum absolute atomic E-state index is 0.0346. The summed E-state index contributed by atoms with van der Waals surface area (Å²) in [7, 11) is 3.44. The maximum atomic E-state index is 12.0. The molecule has 1 aliphatic heterocycles. The van der Waals surface area contributed by atoms with Crippen LogP contribution in [0.1, 0.15) is 17.4 Å². The van der Waals surface area contributed by atoms with Crippen molar-refractivity contribution in [3.8, 4) is 0 Å². The van der Waals surface area contributed by atoms with Gasteiger partial charge in [-0.1, -0.05) is 0 Å². The lowest BCUT2D eigenvalue weighted by molar-refractivity contribution is 0.0283. The van der Waals surface area contributed by atoms with E-state index in [2.05, 4.69) is 16.8 Å². The molecular weight excluding hydrogens is 256 g/mol. The minimum Gasteiger partial charge on any atom is -0.373 e. The molecule has 2 N–H and O–H groups in total. The monoisotopic (exact) mass is 278 g/mol. The average Bonchev–Trinajstić information content (AvgIpc) is 2.47. The Bertz CT molecular complexity index is 478. The van der Waals surface area contributed by atoms with Crippen LogP contribution in [0.5, 0.6) is 0 Å². The zero-order chi connectivity index (χ0) is 14.7. The van der Waals surface area contributed by atoms with Crippen LogP contribution in [0.25, 0.3) is 0 Å². The lowest BCUT2D eigenvalue weighted by atomic mass is 10.1. The number of hydrogen-bond donors (Lipinski definition) is 1. The van der Waals surface area contributed by atoms with Gasteiger partial charge in [-0.15, -0.1) is 0 Å². The number of rotatable bonds is 3. The van der Waals surface area contributed by atoms with Gasteiger partial charge in [-0.25, -0.2) is 0 Å². The van der Waals surface area contributed by atoms with Crippen molar-refractivity contribution < 1.29 is 9.53 Å². The number of morpholine rings is 1. The normalized spacial score (nSPS) is 22.7. The van der Waals surface area contributed by atoms with E-state index in [-0.39, 0.29) is 18.1 Å². The summed E-state index contributed by atoms with van der Waals surface area (Å²) in [5.74, 6) is -0.0943. The van der Waals surface area contributed by atoms with Gasteiger partial charge in [0.2, 0.25) is 0 Å². The minimum atomic E-state index is -0.0943. The fourth-order valence-electron chi connectivity index (χ4n) is 2.26. The van der Waals surface area contributed by atoms with Gasteiger partial charge in [0.1, 0.15) is 5.69 Å². The van der Waals surface area contributed by atoms with Crippen molar-refractivity contribution >= 4 is 11.6 Å². The highest BCUT2D eigenvalue weighted by molar-refractivity contribution is 5.92. The average molecular weight is 278 g/mol. The molecule has 1 saturated heterocycles. The van der Waals surface area contributed by atoms with E-state index >= 15 is 0 Å². The van der Waals surface area contributed by atoms with Crippen molar-refractivity contribution in [2.24, 2.45) is 5.73 Å². The van der Waals surface area contributed by atoms with Crippen molar-refractivity contribution in [1.29, 1.82) is 0 Å². The Kier molecular flexibility index (Phi) is 4.57. The number of amides is 1. The molecule has 0 saturated carbocycles. The largest absolute Gasteiger partial charge is 0.373 e. The number of nitrogens with two attached hydrogens (primary N) is 1. The summed E-state index contributed by atoms with van der Waals surface area (Å²) in [5.41, 5.74) is 7.12. The molecule has 2 heterocycles. The highest BCUT2D eigenvalue weighted by atomic mass is 16.5. The molecule has 6 heteroatoms. The van der Waals surface area contributed by atoms with Gasteiger partial charge < -0.3 is 20.3 Å². The summed E-state index contributed by atoms with van der Waals surface area (Å²) in [4.78, 5) is 19.9. The van der Waals surface area contributed by atoms with E-state index < -0.39 is 0 Å². The zero-order valence-corrected chi connectivity index (χ0v) is 12.2. The first kappa shape index (κ1) is 14.7.